The molecule has 0 bridgehead atoms. The summed E-state index contributed by atoms with van der Waals surface area (Å²) in [6, 6.07) is 1.03. The first kappa shape index (κ1) is 21.1. The average molecular weight is 355 g/mol. The van der Waals surface area contributed by atoms with Crippen molar-refractivity contribution in [3.05, 3.63) is 23.3 Å². The van der Waals surface area contributed by atoms with E-state index < -0.39 is 8.07 Å². The second-order valence-electron chi connectivity index (χ2n) is 8.27. The number of rotatable bonds is 10. The van der Waals surface area contributed by atoms with Gasteiger partial charge in [0.15, 0.2) is 0 Å². The van der Waals surface area contributed by atoms with Crippen LogP contribution >= 0.6 is 0 Å². The van der Waals surface area contributed by atoms with E-state index in [1.807, 2.05) is 6.92 Å². The largest absolute Gasteiger partial charge is 0.466 e. The number of aliphatic hydroxyl groups excluding tert-OH is 1. The van der Waals surface area contributed by atoms with Crippen LogP contribution in [0, 0.1) is 0 Å². The van der Waals surface area contributed by atoms with Crippen molar-refractivity contribution in [2.45, 2.75) is 76.9 Å². The van der Waals surface area contributed by atoms with Gasteiger partial charge in [-0.2, -0.15) is 0 Å². The topological polar surface area (TPSA) is 59.1 Å². The molecule has 0 saturated carbocycles. The fourth-order valence-electron chi connectivity index (χ4n) is 2.88. The molecule has 1 aliphatic heterocycles. The minimum absolute atomic E-state index is 0.0960. The smallest absolute Gasteiger partial charge is 0.330 e. The van der Waals surface area contributed by atoms with Gasteiger partial charge < -0.3 is 14.6 Å². The minimum atomic E-state index is -1.26. The molecular formula is C19H34O4Si. The summed E-state index contributed by atoms with van der Waals surface area (Å²) < 4.78 is 10.3. The van der Waals surface area contributed by atoms with Gasteiger partial charge in [-0.15, -0.1) is 0 Å². The third kappa shape index (κ3) is 7.77. The van der Waals surface area contributed by atoms with Gasteiger partial charge in [0.1, 0.15) is 5.60 Å². The number of carbonyl (C=O) groups excluding carboxylic acids is 1. The Labute approximate surface area is 147 Å². The lowest BCUT2D eigenvalue weighted by Crippen LogP contribution is -2.20. The molecule has 0 aromatic carbocycles. The highest BCUT2D eigenvalue weighted by molar-refractivity contribution is 6.76. The van der Waals surface area contributed by atoms with Gasteiger partial charge in [-0.3, -0.25) is 0 Å². The number of ether oxygens (including phenoxy) is 2. The average Bonchev–Trinajstić information content (AvgIpc) is 3.14. The van der Waals surface area contributed by atoms with Gasteiger partial charge in [-0.05, 0) is 45.6 Å². The van der Waals surface area contributed by atoms with Crippen LogP contribution in [0.1, 0.15) is 39.5 Å². The highest BCUT2D eigenvalue weighted by Gasteiger charge is 2.50. The molecule has 0 amide bonds. The van der Waals surface area contributed by atoms with E-state index >= 15 is 0 Å². The molecule has 138 valence electrons. The Hall–Kier alpha value is -0.913. The van der Waals surface area contributed by atoms with Crippen molar-refractivity contribution in [2.24, 2.45) is 0 Å². The highest BCUT2D eigenvalue weighted by atomic mass is 28.3. The van der Waals surface area contributed by atoms with E-state index in [2.05, 4.69) is 32.6 Å². The van der Waals surface area contributed by atoms with Crippen LogP contribution in [0.4, 0.5) is 0 Å². The van der Waals surface area contributed by atoms with E-state index in [4.69, 9.17) is 9.47 Å². The van der Waals surface area contributed by atoms with Gasteiger partial charge in [-0.1, -0.05) is 36.9 Å². The Morgan fingerprint density at radius 2 is 2.00 bits per heavy atom. The maximum atomic E-state index is 11.5. The van der Waals surface area contributed by atoms with Gasteiger partial charge in [-0.25, -0.2) is 4.79 Å². The third-order valence-electron chi connectivity index (χ3n) is 4.39. The standard InChI is InChI=1S/C19H34O4Si/c1-15(10-11-17-19(2,14-20)23-17)8-7-9-16(12-18(21)22-3)13-24(4,5)6/h8,12,17,20H,7,9-11,13-14H2,1-6H3/b15-8+,16-12-/t17-,19-/m0/s1. The molecule has 24 heavy (non-hydrogen) atoms. The van der Waals surface area contributed by atoms with Crippen LogP contribution in [0.25, 0.3) is 0 Å². The minimum Gasteiger partial charge on any atom is -0.466 e. The maximum Gasteiger partial charge on any atom is 0.330 e. The summed E-state index contributed by atoms with van der Waals surface area (Å²) in [5.41, 5.74) is 2.23. The number of allylic oxidation sites excluding steroid dienone is 3. The molecule has 4 nitrogen and oxygen atoms in total. The van der Waals surface area contributed by atoms with E-state index in [0.29, 0.717) is 0 Å². The molecule has 0 spiro atoms. The zero-order valence-corrected chi connectivity index (χ0v) is 17.1. The zero-order valence-electron chi connectivity index (χ0n) is 16.1. The fraction of sp³-hybridized carbons (Fsp3) is 0.737. The van der Waals surface area contributed by atoms with Crippen molar-refractivity contribution >= 4 is 14.0 Å². The Balaban J connectivity index is 2.45. The van der Waals surface area contributed by atoms with Crippen LogP contribution in [0.3, 0.4) is 0 Å². The molecule has 1 saturated heterocycles. The lowest BCUT2D eigenvalue weighted by Gasteiger charge is -2.18. The summed E-state index contributed by atoms with van der Waals surface area (Å²) in [5.74, 6) is -0.252. The Bertz CT molecular complexity index is 490. The summed E-state index contributed by atoms with van der Waals surface area (Å²) in [4.78, 5) is 11.5. The van der Waals surface area contributed by atoms with Crippen molar-refractivity contribution < 1.29 is 19.4 Å². The quantitative estimate of drug-likeness (QED) is 0.211. The number of esters is 1. The lowest BCUT2D eigenvalue weighted by atomic mass is 10.0. The van der Waals surface area contributed by atoms with Crippen molar-refractivity contribution in [3.63, 3.8) is 0 Å². The second kappa shape index (κ2) is 8.97. The van der Waals surface area contributed by atoms with Crippen LogP contribution in [-0.4, -0.2) is 44.6 Å². The molecule has 0 aromatic heterocycles. The van der Waals surface area contributed by atoms with Crippen molar-refractivity contribution in [1.82, 2.24) is 0 Å². The van der Waals surface area contributed by atoms with E-state index in [9.17, 15) is 9.90 Å². The van der Waals surface area contributed by atoms with Crippen LogP contribution in [-0.2, 0) is 14.3 Å². The van der Waals surface area contributed by atoms with E-state index in [0.717, 1.165) is 31.7 Å². The molecule has 1 fully saturated rings. The van der Waals surface area contributed by atoms with Gasteiger partial charge in [0.2, 0.25) is 0 Å². The van der Waals surface area contributed by atoms with Crippen molar-refractivity contribution in [2.75, 3.05) is 13.7 Å². The predicted octanol–water partition coefficient (Wildman–Crippen LogP) is 4.08. The molecular weight excluding hydrogens is 320 g/mol. The highest BCUT2D eigenvalue weighted by Crippen LogP contribution is 2.39. The number of epoxide rings is 1. The first-order chi connectivity index (χ1) is 11.1. The van der Waals surface area contributed by atoms with Crippen LogP contribution in [0.5, 0.6) is 0 Å². The molecule has 1 N–H and O–H groups in total. The summed E-state index contributed by atoms with van der Waals surface area (Å²) in [6.07, 6.45) is 7.92. The van der Waals surface area contributed by atoms with Gasteiger partial charge >= 0.3 is 5.97 Å². The van der Waals surface area contributed by atoms with E-state index in [1.165, 1.54) is 18.3 Å². The summed E-state index contributed by atoms with van der Waals surface area (Å²) in [7, 11) is 0.170. The number of carbonyl (C=O) groups is 1. The van der Waals surface area contributed by atoms with E-state index in [-0.39, 0.29) is 24.3 Å². The maximum absolute atomic E-state index is 11.5. The Kier molecular flexibility index (Phi) is 7.90. The number of aliphatic hydroxyl groups is 1. The van der Waals surface area contributed by atoms with Crippen LogP contribution in [0.15, 0.2) is 23.3 Å². The molecule has 1 aliphatic rings. The molecule has 2 atom stereocenters. The zero-order chi connectivity index (χ0) is 18.4. The number of hydrogen-bond acceptors (Lipinski definition) is 4. The molecule has 0 unspecified atom stereocenters. The van der Waals surface area contributed by atoms with Crippen molar-refractivity contribution in [1.29, 1.82) is 0 Å². The molecule has 0 radical (unpaired) electrons. The lowest BCUT2D eigenvalue weighted by molar-refractivity contribution is -0.134. The number of hydrogen-bond donors (Lipinski definition) is 1. The van der Waals surface area contributed by atoms with Gasteiger partial charge in [0.05, 0.1) is 19.8 Å². The molecule has 0 aromatic rings. The van der Waals surface area contributed by atoms with E-state index in [1.54, 1.807) is 6.08 Å². The Morgan fingerprint density at radius 3 is 2.50 bits per heavy atom. The summed E-state index contributed by atoms with van der Waals surface area (Å²) >= 11 is 0. The first-order valence-corrected chi connectivity index (χ1v) is 12.5. The SMILES string of the molecule is COC(=O)/C=C(/CC/C=C(\C)CC[C@@H]1O[C@@]1(C)CO)C[Si](C)(C)C. The molecule has 0 aliphatic carbocycles. The first-order valence-electron chi connectivity index (χ1n) is 8.81. The molecule has 1 rings (SSSR count). The van der Waals surface area contributed by atoms with Gasteiger partial charge in [0.25, 0.3) is 0 Å². The van der Waals surface area contributed by atoms with Crippen LogP contribution < -0.4 is 0 Å². The Morgan fingerprint density at radius 1 is 1.33 bits per heavy atom. The monoisotopic (exact) mass is 354 g/mol. The molecule has 1 heterocycles. The second-order valence-corrected chi connectivity index (χ2v) is 13.7. The van der Waals surface area contributed by atoms with Crippen molar-refractivity contribution in [3.8, 4) is 0 Å². The number of methoxy groups -OCH3 is 1. The fourth-order valence-corrected chi connectivity index (χ4v) is 4.52. The van der Waals surface area contributed by atoms with Gasteiger partial charge in [0, 0.05) is 14.1 Å². The summed E-state index contributed by atoms with van der Waals surface area (Å²) in [6.45, 7) is 11.1. The molecule has 5 heteroatoms. The van der Waals surface area contributed by atoms with Crippen LogP contribution in [0.2, 0.25) is 25.7 Å². The predicted molar refractivity (Wildman–Crippen MR) is 101 cm³/mol. The normalized spacial score (nSPS) is 24.9. The third-order valence-corrected chi connectivity index (χ3v) is 5.90. The summed E-state index contributed by atoms with van der Waals surface area (Å²) in [5, 5.41) is 9.21.